The molecule has 1 saturated heterocycles. The van der Waals surface area contributed by atoms with Crippen LogP contribution in [-0.2, 0) is 9.53 Å². The highest BCUT2D eigenvalue weighted by Gasteiger charge is 2.39. The van der Waals surface area contributed by atoms with Crippen LogP contribution >= 0.6 is 0 Å². The number of hydrogen-bond acceptors (Lipinski definition) is 4. The molecule has 5 nitrogen and oxygen atoms in total. The van der Waals surface area contributed by atoms with Crippen molar-refractivity contribution in [1.29, 1.82) is 0 Å². The number of aliphatic hydroxyl groups excluding tert-OH is 1. The van der Waals surface area contributed by atoms with Crippen LogP contribution in [0, 0.1) is 0 Å². The number of unbranched alkanes of at least 4 members (excludes halogenated alkanes) is 14. The van der Waals surface area contributed by atoms with Gasteiger partial charge in [0.2, 0.25) is 0 Å². The Morgan fingerprint density at radius 3 is 1.85 bits per heavy atom. The molecule has 0 aromatic rings. The maximum atomic E-state index is 11.9. The van der Waals surface area contributed by atoms with E-state index in [1.54, 1.807) is 0 Å². The van der Waals surface area contributed by atoms with Gasteiger partial charge < -0.3 is 14.9 Å². The van der Waals surface area contributed by atoms with Crippen LogP contribution in [0.25, 0.3) is 0 Å². The van der Waals surface area contributed by atoms with E-state index in [0.717, 1.165) is 32.1 Å². The first-order valence-electron chi connectivity index (χ1n) is 14.3. The van der Waals surface area contributed by atoms with Crippen molar-refractivity contribution in [2.24, 2.45) is 0 Å². The van der Waals surface area contributed by atoms with Gasteiger partial charge >= 0.3 is 5.97 Å². The summed E-state index contributed by atoms with van der Waals surface area (Å²) in [4.78, 5) is 13.8. The van der Waals surface area contributed by atoms with Crippen LogP contribution in [0.5, 0.6) is 0 Å². The van der Waals surface area contributed by atoms with E-state index in [0.29, 0.717) is 13.1 Å². The second-order valence-corrected chi connectivity index (χ2v) is 10.4. The molecule has 0 aromatic heterocycles. The molecule has 0 radical (unpaired) electrons. The lowest BCUT2D eigenvalue weighted by Crippen LogP contribution is -2.58. The summed E-state index contributed by atoms with van der Waals surface area (Å²) in [6.07, 6.45) is 21.3. The van der Waals surface area contributed by atoms with Gasteiger partial charge in [-0.25, -0.2) is 0 Å². The van der Waals surface area contributed by atoms with Crippen molar-refractivity contribution < 1.29 is 19.7 Å². The molecular formula is C28H55NO4. The first kappa shape index (κ1) is 30.4. The zero-order valence-corrected chi connectivity index (χ0v) is 22.1. The number of β-amino-alcohol motifs (C(OH)–C–C–N with tert-alkyl or cyclic N) is 1. The quantitative estimate of drug-likeness (QED) is 0.178. The van der Waals surface area contributed by atoms with Gasteiger partial charge in [0.1, 0.15) is 6.04 Å². The number of aliphatic hydroxyl groups is 1. The Morgan fingerprint density at radius 2 is 1.33 bits per heavy atom. The van der Waals surface area contributed by atoms with Gasteiger partial charge in [-0.15, -0.1) is 0 Å². The summed E-state index contributed by atoms with van der Waals surface area (Å²) in [5.74, 6) is -0.840. The molecule has 1 heterocycles. The molecule has 5 heteroatoms. The highest BCUT2D eigenvalue weighted by Crippen LogP contribution is 2.23. The largest absolute Gasteiger partial charge is 0.480 e. The van der Waals surface area contributed by atoms with Crippen LogP contribution in [0.4, 0.5) is 0 Å². The minimum absolute atomic E-state index is 0.0750. The second kappa shape index (κ2) is 19.6. The van der Waals surface area contributed by atoms with E-state index in [9.17, 15) is 15.0 Å². The van der Waals surface area contributed by atoms with E-state index in [-0.39, 0.29) is 12.2 Å². The van der Waals surface area contributed by atoms with E-state index in [1.807, 2.05) is 11.8 Å². The fourth-order valence-corrected chi connectivity index (χ4v) is 5.18. The Labute approximate surface area is 204 Å². The zero-order chi connectivity index (χ0) is 24.3. The topological polar surface area (TPSA) is 70.0 Å². The van der Waals surface area contributed by atoms with Crippen molar-refractivity contribution in [2.75, 3.05) is 13.1 Å². The first-order valence-corrected chi connectivity index (χ1v) is 14.3. The lowest BCUT2D eigenvalue weighted by atomic mass is 10.0. The minimum atomic E-state index is -0.840. The van der Waals surface area contributed by atoms with Crippen LogP contribution in [0.3, 0.4) is 0 Å². The van der Waals surface area contributed by atoms with Gasteiger partial charge in [0.15, 0.2) is 0 Å². The first-order chi connectivity index (χ1) is 16.0. The van der Waals surface area contributed by atoms with Gasteiger partial charge in [-0.2, -0.15) is 0 Å². The van der Waals surface area contributed by atoms with E-state index in [4.69, 9.17) is 4.74 Å². The van der Waals surface area contributed by atoms with Crippen LogP contribution in [0.2, 0.25) is 0 Å². The van der Waals surface area contributed by atoms with E-state index >= 15 is 0 Å². The predicted octanol–water partition coefficient (Wildman–Crippen LogP) is 6.95. The third kappa shape index (κ3) is 14.4. The predicted molar refractivity (Wildman–Crippen MR) is 138 cm³/mol. The molecule has 0 bridgehead atoms. The van der Waals surface area contributed by atoms with Gasteiger partial charge in [0.05, 0.1) is 18.3 Å². The Hall–Kier alpha value is -0.650. The van der Waals surface area contributed by atoms with Gasteiger partial charge in [0.25, 0.3) is 0 Å². The van der Waals surface area contributed by atoms with Crippen LogP contribution in [0.1, 0.15) is 136 Å². The summed E-state index contributed by atoms with van der Waals surface area (Å²) in [6, 6.07) is -0.659. The third-order valence-electron chi connectivity index (χ3n) is 7.15. The number of carbonyl (C=O) groups is 1. The van der Waals surface area contributed by atoms with Gasteiger partial charge in [-0.05, 0) is 19.8 Å². The number of rotatable bonds is 21. The number of ether oxygens (including phenoxy) is 1. The molecule has 1 aliphatic heterocycles. The van der Waals surface area contributed by atoms with Gasteiger partial charge in [-0.3, -0.25) is 9.69 Å². The van der Waals surface area contributed by atoms with Crippen molar-refractivity contribution in [3.8, 4) is 0 Å². The number of nitrogens with zero attached hydrogens (tertiary/aromatic N) is 1. The Morgan fingerprint density at radius 1 is 0.848 bits per heavy atom. The Balaban J connectivity index is 2.31. The summed E-state index contributed by atoms with van der Waals surface area (Å²) in [5.41, 5.74) is 0. The summed E-state index contributed by atoms with van der Waals surface area (Å²) in [6.45, 7) is 7.42. The number of carboxylic acid groups (broad SMARTS) is 1. The molecule has 0 aromatic carbocycles. The molecule has 4 atom stereocenters. The summed E-state index contributed by atoms with van der Waals surface area (Å²) < 4.78 is 6.08. The molecule has 1 rings (SSSR count). The van der Waals surface area contributed by atoms with Crippen molar-refractivity contribution >= 4 is 5.97 Å². The Bertz CT molecular complexity index is 471. The number of aliphatic carboxylic acids is 1. The molecule has 0 saturated carbocycles. The SMILES string of the molecule is CCCCCCCCCCC(O)CN1CC(CCCCCCCCCC)OC(C)C1C(=O)O. The number of morpholine rings is 1. The van der Waals surface area contributed by atoms with E-state index in [1.165, 1.54) is 83.5 Å². The second-order valence-electron chi connectivity index (χ2n) is 10.4. The molecule has 1 aliphatic rings. The van der Waals surface area contributed by atoms with Gasteiger partial charge in [0, 0.05) is 13.1 Å². The monoisotopic (exact) mass is 469 g/mol. The lowest BCUT2D eigenvalue weighted by Gasteiger charge is -2.42. The fraction of sp³-hybridized carbons (Fsp3) is 0.964. The maximum absolute atomic E-state index is 11.9. The molecule has 1 fully saturated rings. The molecule has 2 N–H and O–H groups in total. The molecule has 196 valence electrons. The molecule has 0 spiro atoms. The average Bonchev–Trinajstić information content (AvgIpc) is 2.77. The lowest BCUT2D eigenvalue weighted by molar-refractivity contribution is -0.167. The van der Waals surface area contributed by atoms with Crippen LogP contribution in [0.15, 0.2) is 0 Å². The fourth-order valence-electron chi connectivity index (χ4n) is 5.18. The Kier molecular flexibility index (Phi) is 18.1. The maximum Gasteiger partial charge on any atom is 0.323 e. The van der Waals surface area contributed by atoms with E-state index in [2.05, 4.69) is 13.8 Å². The molecule has 0 amide bonds. The van der Waals surface area contributed by atoms with Crippen LogP contribution < -0.4 is 0 Å². The average molecular weight is 470 g/mol. The highest BCUT2D eigenvalue weighted by atomic mass is 16.5. The molecular weight excluding hydrogens is 414 g/mol. The number of hydrogen-bond donors (Lipinski definition) is 2. The molecule has 4 unspecified atom stereocenters. The van der Waals surface area contributed by atoms with Crippen molar-refractivity contribution in [2.45, 2.75) is 161 Å². The van der Waals surface area contributed by atoms with Crippen LogP contribution in [-0.4, -0.2) is 58.5 Å². The van der Waals surface area contributed by atoms with Crippen molar-refractivity contribution in [3.05, 3.63) is 0 Å². The standard InChI is InChI=1S/C28H55NO4/c1-4-6-8-10-12-14-16-18-20-25(30)22-29-23-26(33-24(3)27(29)28(31)32)21-19-17-15-13-11-9-7-5-2/h24-27,30H,4-23H2,1-3H3,(H,31,32). The summed E-state index contributed by atoms with van der Waals surface area (Å²) in [5, 5.41) is 20.3. The number of carboxylic acids is 1. The third-order valence-corrected chi connectivity index (χ3v) is 7.15. The molecule has 33 heavy (non-hydrogen) atoms. The van der Waals surface area contributed by atoms with Gasteiger partial charge in [-0.1, -0.05) is 117 Å². The van der Waals surface area contributed by atoms with E-state index < -0.39 is 18.1 Å². The summed E-state index contributed by atoms with van der Waals surface area (Å²) in [7, 11) is 0. The minimum Gasteiger partial charge on any atom is -0.480 e. The zero-order valence-electron chi connectivity index (χ0n) is 22.1. The normalized spacial score (nSPS) is 22.5. The highest BCUT2D eigenvalue weighted by molar-refractivity contribution is 5.74. The smallest absolute Gasteiger partial charge is 0.323 e. The van der Waals surface area contributed by atoms with Crippen molar-refractivity contribution in [3.63, 3.8) is 0 Å². The van der Waals surface area contributed by atoms with Crippen molar-refractivity contribution in [1.82, 2.24) is 4.90 Å². The molecule has 0 aliphatic carbocycles. The summed E-state index contributed by atoms with van der Waals surface area (Å²) >= 11 is 0.